The van der Waals surface area contributed by atoms with Gasteiger partial charge in [0.1, 0.15) is 11.6 Å². The topological polar surface area (TPSA) is 64.1 Å². The largest absolute Gasteiger partial charge is 0.481 e. The molecule has 0 aliphatic heterocycles. The first-order valence-corrected chi connectivity index (χ1v) is 10.3. The van der Waals surface area contributed by atoms with Crippen LogP contribution in [0.4, 0.5) is 8.78 Å². The molecule has 1 unspecified atom stereocenters. The van der Waals surface area contributed by atoms with Crippen molar-refractivity contribution in [2.45, 2.75) is 32.2 Å². The van der Waals surface area contributed by atoms with Crippen LogP contribution in [-0.4, -0.2) is 23.0 Å². The maximum absolute atomic E-state index is 13.4. The van der Waals surface area contributed by atoms with Gasteiger partial charge in [-0.05, 0) is 43.4 Å². The summed E-state index contributed by atoms with van der Waals surface area (Å²) in [4.78, 5) is 22.0. The van der Waals surface area contributed by atoms with Gasteiger partial charge in [-0.15, -0.1) is 0 Å². The van der Waals surface area contributed by atoms with Gasteiger partial charge >= 0.3 is 0 Å². The van der Waals surface area contributed by atoms with E-state index in [2.05, 4.69) is 10.3 Å². The molecule has 4 rings (SSSR count). The molecule has 1 aliphatic rings. The molecule has 160 valence electrons. The molecule has 0 fully saturated rings. The van der Waals surface area contributed by atoms with E-state index < -0.39 is 11.6 Å². The summed E-state index contributed by atoms with van der Waals surface area (Å²) in [7, 11) is 1.59. The van der Waals surface area contributed by atoms with Crippen LogP contribution >= 0.6 is 0 Å². The minimum atomic E-state index is -0.658. The fourth-order valence-electron chi connectivity index (χ4n) is 3.93. The third-order valence-corrected chi connectivity index (χ3v) is 5.51. The number of aryl methyl sites for hydroxylation is 1. The average molecular weight is 423 g/mol. The number of rotatable bonds is 5. The number of hydrogen-bond acceptors (Lipinski definition) is 4. The Labute approximate surface area is 179 Å². The number of hydrogen-bond donors (Lipinski definition) is 1. The molecule has 7 heteroatoms. The summed E-state index contributed by atoms with van der Waals surface area (Å²) < 4.78 is 32.3. The summed E-state index contributed by atoms with van der Waals surface area (Å²) >= 11 is 0. The molecule has 0 saturated heterocycles. The number of nitrogens with zero attached hydrogens (tertiary/aromatic N) is 2. The second-order valence-corrected chi connectivity index (χ2v) is 7.62. The predicted octanol–water partition coefficient (Wildman–Crippen LogP) is 4.24. The number of nitrogens with one attached hydrogen (secondary N) is 1. The van der Waals surface area contributed by atoms with E-state index >= 15 is 0 Å². The molecule has 2 aromatic carbocycles. The monoisotopic (exact) mass is 423 g/mol. The number of halogens is 2. The Balaban J connectivity index is 1.47. The zero-order valence-corrected chi connectivity index (χ0v) is 17.2. The lowest BCUT2D eigenvalue weighted by Crippen LogP contribution is -2.30. The highest BCUT2D eigenvalue weighted by Gasteiger charge is 2.26. The van der Waals surface area contributed by atoms with Crippen LogP contribution in [0, 0.1) is 17.6 Å². The van der Waals surface area contributed by atoms with Crippen molar-refractivity contribution >= 4 is 5.91 Å². The quantitative estimate of drug-likeness (QED) is 0.624. The third kappa shape index (κ3) is 4.87. The van der Waals surface area contributed by atoms with Crippen LogP contribution in [0.5, 0.6) is 5.88 Å². The highest BCUT2D eigenvalue weighted by Crippen LogP contribution is 2.31. The first kappa shape index (κ1) is 20.9. The van der Waals surface area contributed by atoms with Gasteiger partial charge in [-0.25, -0.2) is 13.8 Å². The molecule has 31 heavy (non-hydrogen) atoms. The Morgan fingerprint density at radius 1 is 1.06 bits per heavy atom. The average Bonchev–Trinajstić information content (AvgIpc) is 2.99. The first-order chi connectivity index (χ1) is 15.0. The van der Waals surface area contributed by atoms with Gasteiger partial charge in [0.2, 0.25) is 11.8 Å². The minimum absolute atomic E-state index is 0.0816. The molecule has 1 N–H and O–H groups in total. The van der Waals surface area contributed by atoms with Crippen molar-refractivity contribution in [1.82, 2.24) is 15.3 Å². The maximum atomic E-state index is 13.4. The molecular formula is C24H23F2N3O2. The van der Waals surface area contributed by atoms with Gasteiger partial charge in [0.15, 0.2) is 5.82 Å². The van der Waals surface area contributed by atoms with E-state index in [4.69, 9.17) is 9.72 Å². The van der Waals surface area contributed by atoms with Crippen molar-refractivity contribution in [2.24, 2.45) is 5.92 Å². The molecule has 0 bridgehead atoms. The lowest BCUT2D eigenvalue weighted by atomic mass is 9.98. The van der Waals surface area contributed by atoms with Crippen LogP contribution in [0.2, 0.25) is 0 Å². The number of fused-ring (bicyclic) bond motifs is 1. The van der Waals surface area contributed by atoms with Gasteiger partial charge in [0, 0.05) is 29.7 Å². The van der Waals surface area contributed by atoms with Crippen molar-refractivity contribution in [1.29, 1.82) is 0 Å². The Hall–Kier alpha value is -3.35. The third-order valence-electron chi connectivity index (χ3n) is 5.51. The summed E-state index contributed by atoms with van der Waals surface area (Å²) in [5.41, 5.74) is 3.13. The summed E-state index contributed by atoms with van der Waals surface area (Å²) in [5.74, 6) is -0.527. The lowest BCUT2D eigenvalue weighted by Gasteiger charge is -2.14. The van der Waals surface area contributed by atoms with Crippen LogP contribution in [-0.2, 0) is 24.2 Å². The van der Waals surface area contributed by atoms with E-state index in [1.165, 1.54) is 12.1 Å². The second kappa shape index (κ2) is 9.20. The van der Waals surface area contributed by atoms with Crippen LogP contribution in [0.15, 0.2) is 48.5 Å². The zero-order valence-electron chi connectivity index (χ0n) is 17.2. The van der Waals surface area contributed by atoms with Crippen molar-refractivity contribution < 1.29 is 18.3 Å². The van der Waals surface area contributed by atoms with Crippen molar-refractivity contribution in [3.05, 3.63) is 77.0 Å². The summed E-state index contributed by atoms with van der Waals surface area (Å²) in [6.45, 7) is 0.0816. The minimum Gasteiger partial charge on any atom is -0.481 e. The van der Waals surface area contributed by atoms with E-state index in [1.807, 2.05) is 30.3 Å². The van der Waals surface area contributed by atoms with E-state index in [0.29, 0.717) is 43.0 Å². The second-order valence-electron chi connectivity index (χ2n) is 7.62. The smallest absolute Gasteiger partial charge is 0.223 e. The van der Waals surface area contributed by atoms with Crippen molar-refractivity contribution in [2.75, 3.05) is 7.11 Å². The molecule has 0 radical (unpaired) electrons. The Bertz CT molecular complexity index is 1070. The van der Waals surface area contributed by atoms with Gasteiger partial charge in [-0.2, -0.15) is 4.98 Å². The Kier molecular flexibility index (Phi) is 6.21. The molecule has 1 atom stereocenters. The van der Waals surface area contributed by atoms with Crippen molar-refractivity contribution in [3.63, 3.8) is 0 Å². The first-order valence-electron chi connectivity index (χ1n) is 10.3. The number of amides is 1. The highest BCUT2D eigenvalue weighted by atomic mass is 19.1. The van der Waals surface area contributed by atoms with Gasteiger partial charge in [-0.3, -0.25) is 4.79 Å². The predicted molar refractivity (Wildman–Crippen MR) is 112 cm³/mol. The lowest BCUT2D eigenvalue weighted by molar-refractivity contribution is -0.125. The zero-order chi connectivity index (χ0) is 21.8. The molecule has 5 nitrogen and oxygen atoms in total. The van der Waals surface area contributed by atoms with Crippen LogP contribution in [0.25, 0.3) is 11.4 Å². The number of aromatic nitrogens is 2. The van der Waals surface area contributed by atoms with Crippen molar-refractivity contribution in [3.8, 4) is 17.3 Å². The van der Waals surface area contributed by atoms with E-state index in [0.717, 1.165) is 22.9 Å². The molecule has 1 aromatic heterocycles. The fourth-order valence-corrected chi connectivity index (χ4v) is 3.93. The van der Waals surface area contributed by atoms with E-state index in [-0.39, 0.29) is 18.4 Å². The van der Waals surface area contributed by atoms with Crippen LogP contribution in [0.1, 0.15) is 29.7 Å². The molecule has 3 aromatic rings. The maximum Gasteiger partial charge on any atom is 0.223 e. The van der Waals surface area contributed by atoms with Gasteiger partial charge < -0.3 is 10.1 Å². The molecule has 1 heterocycles. The molecule has 0 spiro atoms. The standard InChI is InChI=1S/C24H23F2N3O2/c1-31-24-20-9-7-17(23(30)27-14-15-11-18(25)13-19(26)12-15)8-10-21(20)28-22(29-24)16-5-3-2-4-6-16/h2-6,11-13,17H,7-10,14H2,1H3,(H,27,30). The molecule has 0 saturated carbocycles. The molecule has 1 aliphatic carbocycles. The fraction of sp³-hybridized carbons (Fsp3) is 0.292. The van der Waals surface area contributed by atoms with E-state index in [1.54, 1.807) is 7.11 Å². The highest BCUT2D eigenvalue weighted by molar-refractivity contribution is 5.78. The van der Waals surface area contributed by atoms with Gasteiger partial charge in [-0.1, -0.05) is 30.3 Å². The van der Waals surface area contributed by atoms with E-state index in [9.17, 15) is 13.6 Å². The summed E-state index contributed by atoms with van der Waals surface area (Å²) in [5, 5.41) is 2.80. The number of benzene rings is 2. The summed E-state index contributed by atoms with van der Waals surface area (Å²) in [6.07, 6.45) is 2.51. The van der Waals surface area contributed by atoms with Gasteiger partial charge in [0.25, 0.3) is 0 Å². The van der Waals surface area contributed by atoms with Crippen LogP contribution < -0.4 is 10.1 Å². The molecular weight excluding hydrogens is 400 g/mol. The Morgan fingerprint density at radius 2 is 1.77 bits per heavy atom. The normalized spacial score (nSPS) is 15.6. The van der Waals surface area contributed by atoms with Gasteiger partial charge in [0.05, 0.1) is 12.8 Å². The van der Waals surface area contributed by atoms with Crippen LogP contribution in [0.3, 0.4) is 0 Å². The Morgan fingerprint density at radius 3 is 2.48 bits per heavy atom. The number of ether oxygens (including phenoxy) is 1. The number of carbonyl (C=O) groups is 1. The molecule has 1 amide bonds. The number of methoxy groups -OCH3 is 1. The number of carbonyl (C=O) groups excluding carboxylic acids is 1. The SMILES string of the molecule is COc1nc(-c2ccccc2)nc2c1CCC(C(=O)NCc1cc(F)cc(F)c1)CC2. The summed E-state index contributed by atoms with van der Waals surface area (Å²) in [6, 6.07) is 12.9.